The number of aliphatic imine (C=N–C) groups is 1. The second-order valence-electron chi connectivity index (χ2n) is 6.25. The van der Waals surface area contributed by atoms with Crippen LogP contribution in [-0.4, -0.2) is 29.6 Å². The first kappa shape index (κ1) is 17.5. The van der Waals surface area contributed by atoms with Crippen molar-refractivity contribution in [3.63, 3.8) is 0 Å². The molecule has 0 aromatic heterocycles. The number of nitrogens with one attached hydrogen (secondary N) is 1. The first-order valence-corrected chi connectivity index (χ1v) is 8.38. The molecule has 0 bridgehead atoms. The van der Waals surface area contributed by atoms with Crippen LogP contribution in [0.25, 0.3) is 0 Å². The third-order valence-corrected chi connectivity index (χ3v) is 4.20. The number of nitrogens with zero attached hydrogens (tertiary/aromatic N) is 2. The van der Waals surface area contributed by atoms with Crippen molar-refractivity contribution in [1.82, 2.24) is 5.06 Å². The molecule has 130 valence electrons. The molecule has 1 atom stereocenters. The van der Waals surface area contributed by atoms with Crippen LogP contribution in [0.2, 0.25) is 5.02 Å². The number of amides is 1. The molecular formula is C19H20ClN3O2. The SMILES string of the molecule is Cc1ccccc1NC(=O)CC1(C)N=C(c2cccc(Cl)c2)N(C)O1. The van der Waals surface area contributed by atoms with E-state index >= 15 is 0 Å². The summed E-state index contributed by atoms with van der Waals surface area (Å²) in [6.45, 7) is 3.74. The van der Waals surface area contributed by atoms with Crippen LogP contribution in [-0.2, 0) is 9.63 Å². The topological polar surface area (TPSA) is 53.9 Å². The standard InChI is InChI=1S/C19H20ClN3O2/c1-13-7-4-5-10-16(13)21-17(24)12-19(2)22-18(23(3)25-19)14-8-6-9-15(20)11-14/h4-11H,12H2,1-3H3,(H,21,24). The largest absolute Gasteiger partial charge is 0.326 e. The predicted molar refractivity (Wildman–Crippen MR) is 99.7 cm³/mol. The summed E-state index contributed by atoms with van der Waals surface area (Å²) >= 11 is 6.05. The molecular weight excluding hydrogens is 338 g/mol. The maximum Gasteiger partial charge on any atom is 0.229 e. The Balaban J connectivity index is 1.76. The number of halogens is 1. The molecule has 2 aromatic carbocycles. The Morgan fingerprint density at radius 3 is 2.76 bits per heavy atom. The zero-order chi connectivity index (χ0) is 18.0. The highest BCUT2D eigenvalue weighted by Crippen LogP contribution is 2.29. The van der Waals surface area contributed by atoms with Gasteiger partial charge >= 0.3 is 0 Å². The van der Waals surface area contributed by atoms with Crippen LogP contribution in [0.4, 0.5) is 5.69 Å². The van der Waals surface area contributed by atoms with Gasteiger partial charge in [-0.05, 0) is 37.6 Å². The quantitative estimate of drug-likeness (QED) is 0.899. The van der Waals surface area contributed by atoms with Crippen LogP contribution in [0.1, 0.15) is 24.5 Å². The van der Waals surface area contributed by atoms with Crippen molar-refractivity contribution >= 4 is 29.0 Å². The number of hydrogen-bond donors (Lipinski definition) is 1. The summed E-state index contributed by atoms with van der Waals surface area (Å²) in [5.74, 6) is 0.495. The van der Waals surface area contributed by atoms with Gasteiger partial charge in [0.1, 0.15) is 0 Å². The van der Waals surface area contributed by atoms with Gasteiger partial charge in [-0.1, -0.05) is 41.9 Å². The Hall–Kier alpha value is -2.37. The zero-order valence-electron chi connectivity index (χ0n) is 14.4. The smallest absolute Gasteiger partial charge is 0.229 e. The highest BCUT2D eigenvalue weighted by atomic mass is 35.5. The fraction of sp³-hybridized carbons (Fsp3) is 0.263. The summed E-state index contributed by atoms with van der Waals surface area (Å²) in [6, 6.07) is 15.0. The van der Waals surface area contributed by atoms with Crippen LogP contribution in [0.5, 0.6) is 0 Å². The molecule has 2 aromatic rings. The molecule has 3 rings (SSSR count). The van der Waals surface area contributed by atoms with Crippen LogP contribution in [0.3, 0.4) is 0 Å². The zero-order valence-corrected chi connectivity index (χ0v) is 15.2. The number of aryl methyl sites for hydroxylation is 1. The molecule has 1 aliphatic rings. The van der Waals surface area contributed by atoms with Gasteiger partial charge in [-0.15, -0.1) is 0 Å². The minimum absolute atomic E-state index is 0.107. The van der Waals surface area contributed by atoms with Crippen LogP contribution >= 0.6 is 11.6 Å². The summed E-state index contributed by atoms with van der Waals surface area (Å²) in [7, 11) is 1.77. The van der Waals surface area contributed by atoms with Crippen molar-refractivity contribution in [2.24, 2.45) is 4.99 Å². The van der Waals surface area contributed by atoms with Gasteiger partial charge in [-0.3, -0.25) is 4.79 Å². The predicted octanol–water partition coefficient (Wildman–Crippen LogP) is 4.02. The third-order valence-electron chi connectivity index (χ3n) is 3.96. The maximum atomic E-state index is 12.4. The third kappa shape index (κ3) is 4.00. The van der Waals surface area contributed by atoms with E-state index in [1.54, 1.807) is 25.1 Å². The summed E-state index contributed by atoms with van der Waals surface area (Å²) in [4.78, 5) is 22.9. The summed E-state index contributed by atoms with van der Waals surface area (Å²) in [5, 5.41) is 5.11. The molecule has 5 nitrogen and oxygen atoms in total. The number of anilines is 1. The Morgan fingerprint density at radius 2 is 2.04 bits per heavy atom. The van der Waals surface area contributed by atoms with E-state index in [0.717, 1.165) is 16.8 Å². The van der Waals surface area contributed by atoms with E-state index in [4.69, 9.17) is 16.4 Å². The molecule has 1 heterocycles. The monoisotopic (exact) mass is 357 g/mol. The summed E-state index contributed by atoms with van der Waals surface area (Å²) in [6.07, 6.45) is 0.107. The lowest BCUT2D eigenvalue weighted by Gasteiger charge is -2.21. The summed E-state index contributed by atoms with van der Waals surface area (Å²) in [5.41, 5.74) is 1.69. The van der Waals surface area contributed by atoms with Crippen molar-refractivity contribution in [3.8, 4) is 0 Å². The molecule has 6 heteroatoms. The van der Waals surface area contributed by atoms with Crippen molar-refractivity contribution < 1.29 is 9.63 Å². The second kappa shape index (κ2) is 6.86. The average molecular weight is 358 g/mol. The van der Waals surface area contributed by atoms with Crippen LogP contribution in [0.15, 0.2) is 53.5 Å². The van der Waals surface area contributed by atoms with Gasteiger partial charge in [0.25, 0.3) is 0 Å². The lowest BCUT2D eigenvalue weighted by molar-refractivity contribution is -0.164. The van der Waals surface area contributed by atoms with Crippen molar-refractivity contribution in [2.75, 3.05) is 12.4 Å². The van der Waals surface area contributed by atoms with E-state index in [-0.39, 0.29) is 12.3 Å². The van der Waals surface area contributed by atoms with Gasteiger partial charge in [0.15, 0.2) is 11.6 Å². The molecule has 0 saturated heterocycles. The Labute approximate surface area is 152 Å². The molecule has 0 spiro atoms. The van der Waals surface area contributed by atoms with Gasteiger partial charge in [0.2, 0.25) is 5.91 Å². The molecule has 1 aliphatic heterocycles. The van der Waals surface area contributed by atoms with E-state index in [2.05, 4.69) is 10.3 Å². The van der Waals surface area contributed by atoms with Crippen molar-refractivity contribution in [1.29, 1.82) is 0 Å². The first-order chi connectivity index (χ1) is 11.9. The first-order valence-electron chi connectivity index (χ1n) is 8.00. The van der Waals surface area contributed by atoms with E-state index in [9.17, 15) is 4.79 Å². The van der Waals surface area contributed by atoms with E-state index < -0.39 is 5.72 Å². The van der Waals surface area contributed by atoms with E-state index in [0.29, 0.717) is 10.9 Å². The van der Waals surface area contributed by atoms with Crippen molar-refractivity contribution in [2.45, 2.75) is 26.0 Å². The number of hydrogen-bond acceptors (Lipinski definition) is 4. The minimum atomic E-state index is -0.959. The molecule has 25 heavy (non-hydrogen) atoms. The number of hydroxylamine groups is 2. The molecule has 0 saturated carbocycles. The highest BCUT2D eigenvalue weighted by molar-refractivity contribution is 6.31. The molecule has 1 amide bonds. The Kier molecular flexibility index (Phi) is 4.79. The molecule has 0 aliphatic carbocycles. The number of carbonyl (C=O) groups is 1. The lowest BCUT2D eigenvalue weighted by atomic mass is 10.1. The van der Waals surface area contributed by atoms with E-state index in [1.165, 1.54) is 0 Å². The Bertz CT molecular complexity index is 837. The fourth-order valence-corrected chi connectivity index (χ4v) is 2.99. The number of benzene rings is 2. The van der Waals surface area contributed by atoms with Crippen LogP contribution < -0.4 is 5.32 Å². The second-order valence-corrected chi connectivity index (χ2v) is 6.69. The van der Waals surface area contributed by atoms with Gasteiger partial charge in [0.05, 0.1) is 6.42 Å². The van der Waals surface area contributed by atoms with Crippen molar-refractivity contribution in [3.05, 3.63) is 64.7 Å². The van der Waals surface area contributed by atoms with Gasteiger partial charge in [0, 0.05) is 23.3 Å². The molecule has 0 fully saturated rings. The molecule has 1 unspecified atom stereocenters. The molecule has 1 N–H and O–H groups in total. The maximum absolute atomic E-state index is 12.4. The van der Waals surface area contributed by atoms with Crippen LogP contribution in [0, 0.1) is 6.92 Å². The summed E-state index contributed by atoms with van der Waals surface area (Å²) < 4.78 is 0. The highest BCUT2D eigenvalue weighted by Gasteiger charge is 2.37. The minimum Gasteiger partial charge on any atom is -0.326 e. The van der Waals surface area contributed by atoms with Gasteiger partial charge in [-0.2, -0.15) is 0 Å². The fourth-order valence-electron chi connectivity index (χ4n) is 2.80. The normalized spacial score (nSPS) is 19.7. The number of amidine groups is 1. The van der Waals surface area contributed by atoms with Gasteiger partial charge in [-0.25, -0.2) is 14.9 Å². The molecule has 0 radical (unpaired) electrons. The number of rotatable bonds is 4. The number of para-hydroxylation sites is 1. The van der Waals surface area contributed by atoms with E-state index in [1.807, 2.05) is 49.4 Å². The number of carbonyl (C=O) groups excluding carboxylic acids is 1. The Morgan fingerprint density at radius 1 is 1.28 bits per heavy atom. The van der Waals surface area contributed by atoms with Gasteiger partial charge < -0.3 is 5.32 Å². The average Bonchev–Trinajstić information content (AvgIpc) is 2.84. The lowest BCUT2D eigenvalue weighted by Crippen LogP contribution is -2.32.